The van der Waals surface area contributed by atoms with E-state index in [2.05, 4.69) is 18.9 Å². The second kappa shape index (κ2) is 4.66. The van der Waals surface area contributed by atoms with E-state index in [-0.39, 0.29) is 5.92 Å². The second-order valence-electron chi connectivity index (χ2n) is 4.99. The third kappa shape index (κ3) is 2.30. The first-order chi connectivity index (χ1) is 8.00. The molecule has 0 aromatic heterocycles. The zero-order valence-corrected chi connectivity index (χ0v) is 10.9. The highest BCUT2D eigenvalue weighted by molar-refractivity contribution is 5.79. The molecule has 2 heterocycles. The summed E-state index contributed by atoms with van der Waals surface area (Å²) in [6.07, 6.45) is 1.89. The van der Waals surface area contributed by atoms with Gasteiger partial charge in [-0.1, -0.05) is 5.17 Å². The Balaban J connectivity index is 1.93. The molecule has 96 valence electrons. The van der Waals surface area contributed by atoms with Crippen molar-refractivity contribution >= 4 is 5.84 Å². The van der Waals surface area contributed by atoms with Crippen molar-refractivity contribution < 1.29 is 4.84 Å². The SMILES string of the molecule is CC1=C(C)C(C)N(N2CCC(C(=N)N)CC2)O1. The summed E-state index contributed by atoms with van der Waals surface area (Å²) < 4.78 is 0. The minimum absolute atomic E-state index is 0.249. The van der Waals surface area contributed by atoms with Gasteiger partial charge in [-0.25, -0.2) is 5.01 Å². The molecule has 5 nitrogen and oxygen atoms in total. The van der Waals surface area contributed by atoms with Gasteiger partial charge in [0.2, 0.25) is 0 Å². The molecule has 0 bridgehead atoms. The predicted octanol–water partition coefficient (Wildman–Crippen LogP) is 1.48. The lowest BCUT2D eigenvalue weighted by molar-refractivity contribution is -0.263. The zero-order chi connectivity index (χ0) is 12.6. The Bertz CT molecular complexity index is 344. The van der Waals surface area contributed by atoms with Crippen LogP contribution in [0.2, 0.25) is 0 Å². The maximum atomic E-state index is 7.47. The summed E-state index contributed by atoms with van der Waals surface area (Å²) in [5.41, 5.74) is 6.84. The first-order valence-corrected chi connectivity index (χ1v) is 6.24. The molecule has 1 saturated heterocycles. The maximum Gasteiger partial charge on any atom is 0.124 e. The summed E-state index contributed by atoms with van der Waals surface area (Å²) in [5.74, 6) is 1.58. The number of hydrogen-bond donors (Lipinski definition) is 2. The van der Waals surface area contributed by atoms with Crippen LogP contribution in [-0.2, 0) is 4.84 Å². The number of nitrogens with one attached hydrogen (secondary N) is 1. The normalized spacial score (nSPS) is 28.5. The fourth-order valence-electron chi connectivity index (χ4n) is 2.43. The van der Waals surface area contributed by atoms with E-state index < -0.39 is 0 Å². The van der Waals surface area contributed by atoms with Gasteiger partial charge in [-0.3, -0.25) is 5.41 Å². The second-order valence-corrected chi connectivity index (χ2v) is 4.99. The van der Waals surface area contributed by atoms with Crippen LogP contribution in [0, 0.1) is 11.3 Å². The third-order valence-electron chi connectivity index (χ3n) is 3.93. The van der Waals surface area contributed by atoms with Crippen LogP contribution in [0.25, 0.3) is 0 Å². The molecule has 1 atom stereocenters. The van der Waals surface area contributed by atoms with Crippen molar-refractivity contribution in [2.45, 2.75) is 39.7 Å². The van der Waals surface area contributed by atoms with Gasteiger partial charge >= 0.3 is 0 Å². The number of nitrogens with zero attached hydrogens (tertiary/aromatic N) is 2. The molecule has 2 aliphatic rings. The molecule has 2 rings (SSSR count). The molecule has 17 heavy (non-hydrogen) atoms. The molecule has 0 amide bonds. The van der Waals surface area contributed by atoms with E-state index in [4.69, 9.17) is 16.0 Å². The zero-order valence-electron chi connectivity index (χ0n) is 10.9. The smallest absolute Gasteiger partial charge is 0.124 e. The molecule has 0 aromatic carbocycles. The highest BCUT2D eigenvalue weighted by atomic mass is 16.7. The number of nitrogens with two attached hydrogens (primary N) is 1. The monoisotopic (exact) mass is 238 g/mol. The molecule has 3 N–H and O–H groups in total. The Morgan fingerprint density at radius 2 is 1.94 bits per heavy atom. The third-order valence-corrected chi connectivity index (χ3v) is 3.93. The summed E-state index contributed by atoms with van der Waals surface area (Å²) in [5, 5.41) is 11.7. The average molecular weight is 238 g/mol. The van der Waals surface area contributed by atoms with Gasteiger partial charge in [0.25, 0.3) is 0 Å². The van der Waals surface area contributed by atoms with Gasteiger partial charge in [-0.2, -0.15) is 0 Å². The van der Waals surface area contributed by atoms with E-state index in [0.29, 0.717) is 11.9 Å². The molecule has 0 spiro atoms. The molecule has 0 saturated carbocycles. The molecule has 5 heteroatoms. The van der Waals surface area contributed by atoms with Crippen LogP contribution >= 0.6 is 0 Å². The summed E-state index contributed by atoms with van der Waals surface area (Å²) >= 11 is 0. The van der Waals surface area contributed by atoms with Crippen LogP contribution in [0.3, 0.4) is 0 Å². The number of hydroxylamine groups is 1. The summed E-state index contributed by atoms with van der Waals surface area (Å²) in [4.78, 5) is 5.77. The van der Waals surface area contributed by atoms with Crippen molar-refractivity contribution in [2.75, 3.05) is 13.1 Å². The van der Waals surface area contributed by atoms with Crippen molar-refractivity contribution in [3.63, 3.8) is 0 Å². The van der Waals surface area contributed by atoms with E-state index in [1.807, 2.05) is 12.1 Å². The number of hydrogen-bond acceptors (Lipinski definition) is 4. The van der Waals surface area contributed by atoms with Crippen molar-refractivity contribution in [1.29, 1.82) is 5.41 Å². The minimum Gasteiger partial charge on any atom is -0.395 e. The predicted molar refractivity (Wildman–Crippen MR) is 67.0 cm³/mol. The van der Waals surface area contributed by atoms with Crippen molar-refractivity contribution in [1.82, 2.24) is 10.2 Å². The summed E-state index contributed by atoms with van der Waals surface area (Å²) in [6.45, 7) is 8.10. The number of amidine groups is 1. The Morgan fingerprint density at radius 3 is 2.35 bits per heavy atom. The standard InChI is InChI=1S/C12H22N4O/c1-8-9(2)16(17-10(8)3)15-6-4-11(5-7-15)12(13)14/h9,11H,4-7H2,1-3H3,(H3,13,14). The minimum atomic E-state index is 0.249. The molecule has 2 aliphatic heterocycles. The van der Waals surface area contributed by atoms with Crippen molar-refractivity contribution in [3.8, 4) is 0 Å². The number of rotatable bonds is 2. The first kappa shape index (κ1) is 12.4. The number of piperidine rings is 1. The largest absolute Gasteiger partial charge is 0.395 e. The van der Waals surface area contributed by atoms with Crippen LogP contribution in [0.15, 0.2) is 11.3 Å². The van der Waals surface area contributed by atoms with E-state index in [0.717, 1.165) is 31.7 Å². The van der Waals surface area contributed by atoms with Crippen molar-refractivity contribution in [3.05, 3.63) is 11.3 Å². The van der Waals surface area contributed by atoms with Crippen LogP contribution in [0.5, 0.6) is 0 Å². The van der Waals surface area contributed by atoms with Gasteiger partial charge in [-0.05, 0) is 39.2 Å². The van der Waals surface area contributed by atoms with E-state index in [9.17, 15) is 0 Å². The topological polar surface area (TPSA) is 65.6 Å². The van der Waals surface area contributed by atoms with Crippen LogP contribution in [-0.4, -0.2) is 35.1 Å². The summed E-state index contributed by atoms with van der Waals surface area (Å²) in [7, 11) is 0. The van der Waals surface area contributed by atoms with Gasteiger partial charge in [0.1, 0.15) is 5.76 Å². The van der Waals surface area contributed by atoms with E-state index in [1.54, 1.807) is 0 Å². The maximum absolute atomic E-state index is 7.47. The van der Waals surface area contributed by atoms with Gasteiger partial charge in [0.05, 0.1) is 11.9 Å². The van der Waals surface area contributed by atoms with E-state index in [1.165, 1.54) is 5.57 Å². The molecule has 0 aromatic rings. The van der Waals surface area contributed by atoms with Gasteiger partial charge in [0.15, 0.2) is 0 Å². The lowest BCUT2D eigenvalue weighted by Crippen LogP contribution is -2.49. The van der Waals surface area contributed by atoms with Gasteiger partial charge in [0, 0.05) is 19.0 Å². The highest BCUT2D eigenvalue weighted by Gasteiger charge is 2.34. The molecule has 1 unspecified atom stereocenters. The molecular weight excluding hydrogens is 216 g/mol. The fourth-order valence-corrected chi connectivity index (χ4v) is 2.43. The van der Waals surface area contributed by atoms with E-state index >= 15 is 0 Å². The van der Waals surface area contributed by atoms with Crippen LogP contribution in [0.1, 0.15) is 33.6 Å². The Morgan fingerprint density at radius 1 is 1.35 bits per heavy atom. The first-order valence-electron chi connectivity index (χ1n) is 6.24. The Kier molecular flexibility index (Phi) is 3.40. The fraction of sp³-hybridized carbons (Fsp3) is 0.750. The lowest BCUT2D eigenvalue weighted by atomic mass is 9.97. The molecule has 0 radical (unpaired) electrons. The Labute approximate surface area is 103 Å². The summed E-state index contributed by atoms with van der Waals surface area (Å²) in [6, 6.07) is 0.309. The lowest BCUT2D eigenvalue weighted by Gasteiger charge is -2.38. The number of hydrazine groups is 1. The number of allylic oxidation sites excluding steroid dienone is 1. The van der Waals surface area contributed by atoms with Gasteiger partial charge < -0.3 is 10.6 Å². The Hall–Kier alpha value is -1.07. The van der Waals surface area contributed by atoms with Gasteiger partial charge in [-0.15, -0.1) is 0 Å². The van der Waals surface area contributed by atoms with Crippen LogP contribution in [0.4, 0.5) is 0 Å². The average Bonchev–Trinajstić information content (AvgIpc) is 2.57. The van der Waals surface area contributed by atoms with Crippen LogP contribution < -0.4 is 5.73 Å². The highest BCUT2D eigenvalue weighted by Crippen LogP contribution is 2.29. The quantitative estimate of drug-likeness (QED) is 0.565. The molecular formula is C12H22N4O. The van der Waals surface area contributed by atoms with Crippen molar-refractivity contribution in [2.24, 2.45) is 11.7 Å². The molecule has 1 fully saturated rings. The molecule has 0 aliphatic carbocycles.